The highest BCUT2D eigenvalue weighted by Gasteiger charge is 1.92. The van der Waals surface area contributed by atoms with Crippen molar-refractivity contribution in [2.45, 2.75) is 6.92 Å². The Balaban J connectivity index is 2.87. The van der Waals surface area contributed by atoms with Gasteiger partial charge in [0.05, 0.1) is 20.0 Å². The Morgan fingerprint density at radius 3 is 2.42 bits per heavy atom. The average Bonchev–Trinajstić information content (AvgIpc) is 2.45. The number of rotatable bonds is 5. The molecule has 0 aliphatic carbocycles. The number of hydrogen-bond donors (Lipinski definition) is 0. The first-order valence-electron chi connectivity index (χ1n) is 5.90. The van der Waals surface area contributed by atoms with Crippen molar-refractivity contribution < 1.29 is 9.47 Å². The molecule has 0 heterocycles. The molecular formula is C17H18O2. The average molecular weight is 254 g/mol. The van der Waals surface area contributed by atoms with E-state index in [0.29, 0.717) is 0 Å². The van der Waals surface area contributed by atoms with E-state index in [1.165, 1.54) is 0 Å². The van der Waals surface area contributed by atoms with E-state index >= 15 is 0 Å². The van der Waals surface area contributed by atoms with Gasteiger partial charge in [0.15, 0.2) is 0 Å². The van der Waals surface area contributed by atoms with Crippen LogP contribution in [0.25, 0.3) is 6.08 Å². The zero-order valence-corrected chi connectivity index (χ0v) is 11.5. The van der Waals surface area contributed by atoms with Crippen LogP contribution in [0.15, 0.2) is 53.8 Å². The Bertz CT molecular complexity index is 525. The molecule has 98 valence electrons. The second-order valence-corrected chi connectivity index (χ2v) is 3.88. The maximum atomic E-state index is 5.31. The van der Waals surface area contributed by atoms with Gasteiger partial charge in [0, 0.05) is 0 Å². The Labute approximate surface area is 115 Å². The summed E-state index contributed by atoms with van der Waals surface area (Å²) < 4.78 is 10.2. The molecule has 0 saturated carbocycles. The molecule has 0 fully saturated rings. The fourth-order valence-corrected chi connectivity index (χ4v) is 1.44. The fourth-order valence-electron chi connectivity index (χ4n) is 1.44. The molecule has 0 bridgehead atoms. The molecule has 0 saturated heterocycles. The maximum absolute atomic E-state index is 5.31. The van der Waals surface area contributed by atoms with Gasteiger partial charge < -0.3 is 9.47 Å². The normalized spacial score (nSPS) is 12.3. The number of methoxy groups -OCH3 is 2. The Morgan fingerprint density at radius 2 is 1.89 bits per heavy atom. The largest absolute Gasteiger partial charge is 0.501 e. The van der Waals surface area contributed by atoms with Gasteiger partial charge in [-0.15, -0.1) is 6.42 Å². The Hall–Kier alpha value is -2.40. The van der Waals surface area contributed by atoms with E-state index in [0.717, 1.165) is 22.6 Å². The summed E-state index contributed by atoms with van der Waals surface area (Å²) in [6.45, 7) is 1.88. The molecule has 0 aliphatic heterocycles. The predicted octanol–water partition coefficient (Wildman–Crippen LogP) is 3.82. The molecule has 2 nitrogen and oxygen atoms in total. The highest BCUT2D eigenvalue weighted by Crippen LogP contribution is 2.14. The number of ether oxygens (including phenoxy) is 2. The summed E-state index contributed by atoms with van der Waals surface area (Å²) in [5.41, 5.74) is 1.99. The molecule has 2 heteroatoms. The lowest BCUT2D eigenvalue weighted by atomic mass is 10.1. The summed E-state index contributed by atoms with van der Waals surface area (Å²) in [7, 11) is 3.28. The number of hydrogen-bond acceptors (Lipinski definition) is 2. The Kier molecular flexibility index (Phi) is 6.05. The van der Waals surface area contributed by atoms with E-state index in [2.05, 4.69) is 5.92 Å². The van der Waals surface area contributed by atoms with Gasteiger partial charge in [-0.1, -0.05) is 30.2 Å². The zero-order valence-electron chi connectivity index (χ0n) is 11.5. The van der Waals surface area contributed by atoms with Crippen LogP contribution in [0.5, 0.6) is 5.75 Å². The topological polar surface area (TPSA) is 18.5 Å². The first-order chi connectivity index (χ1) is 9.19. The molecular weight excluding hydrogens is 236 g/mol. The van der Waals surface area contributed by atoms with E-state index in [1.54, 1.807) is 20.3 Å². The van der Waals surface area contributed by atoms with Gasteiger partial charge >= 0.3 is 0 Å². The van der Waals surface area contributed by atoms with Crippen LogP contribution in [0.3, 0.4) is 0 Å². The summed E-state index contributed by atoms with van der Waals surface area (Å²) in [4.78, 5) is 0. The first kappa shape index (κ1) is 14.7. The summed E-state index contributed by atoms with van der Waals surface area (Å²) in [6, 6.07) is 7.80. The van der Waals surface area contributed by atoms with Crippen LogP contribution >= 0.6 is 0 Å². The lowest BCUT2D eigenvalue weighted by Crippen LogP contribution is -1.82. The van der Waals surface area contributed by atoms with Gasteiger partial charge in [0.25, 0.3) is 0 Å². The van der Waals surface area contributed by atoms with Crippen LogP contribution in [-0.4, -0.2) is 14.2 Å². The third-order valence-electron chi connectivity index (χ3n) is 2.53. The van der Waals surface area contributed by atoms with Gasteiger partial charge in [-0.25, -0.2) is 0 Å². The lowest BCUT2D eigenvalue weighted by molar-refractivity contribution is 0.293. The molecule has 19 heavy (non-hydrogen) atoms. The second-order valence-electron chi connectivity index (χ2n) is 3.88. The standard InChI is InChI=1S/C17H18O2/c1-5-6-16(13-14(2)18-3)8-7-15-9-11-17(19-4)12-10-15/h1,6-13H,2-4H3/b8-7+,14-13+,16-6-. The second kappa shape index (κ2) is 7.84. The third kappa shape index (κ3) is 5.18. The van der Waals surface area contributed by atoms with E-state index < -0.39 is 0 Å². The predicted molar refractivity (Wildman–Crippen MR) is 79.7 cm³/mol. The highest BCUT2D eigenvalue weighted by atomic mass is 16.5. The molecule has 0 unspecified atom stereocenters. The van der Waals surface area contributed by atoms with Gasteiger partial charge in [-0.3, -0.25) is 0 Å². The minimum atomic E-state index is 0.806. The summed E-state index contributed by atoms with van der Waals surface area (Å²) in [6.07, 6.45) is 12.8. The molecule has 1 rings (SSSR count). The number of allylic oxidation sites excluding steroid dienone is 5. The molecule has 0 aromatic heterocycles. The van der Waals surface area contributed by atoms with Crippen molar-refractivity contribution in [1.29, 1.82) is 0 Å². The molecule has 0 atom stereocenters. The Morgan fingerprint density at radius 1 is 1.21 bits per heavy atom. The van der Waals surface area contributed by atoms with Crippen LogP contribution in [0.1, 0.15) is 12.5 Å². The zero-order chi connectivity index (χ0) is 14.1. The molecule has 1 aromatic rings. The van der Waals surface area contributed by atoms with Crippen molar-refractivity contribution in [3.8, 4) is 18.1 Å². The van der Waals surface area contributed by atoms with Crippen molar-refractivity contribution in [1.82, 2.24) is 0 Å². The van der Waals surface area contributed by atoms with E-state index in [4.69, 9.17) is 15.9 Å². The van der Waals surface area contributed by atoms with Gasteiger partial charge in [0.2, 0.25) is 0 Å². The van der Waals surface area contributed by atoms with Crippen LogP contribution in [-0.2, 0) is 4.74 Å². The monoisotopic (exact) mass is 254 g/mol. The minimum Gasteiger partial charge on any atom is -0.501 e. The SMILES string of the molecule is C#C/C=C(/C=C/c1ccc(OC)cc1)\C=C(/C)OC. The number of benzene rings is 1. The van der Waals surface area contributed by atoms with Crippen LogP contribution in [0, 0.1) is 12.3 Å². The quantitative estimate of drug-likeness (QED) is 0.452. The van der Waals surface area contributed by atoms with Crippen LogP contribution in [0.2, 0.25) is 0 Å². The molecule has 0 amide bonds. The van der Waals surface area contributed by atoms with Crippen molar-refractivity contribution >= 4 is 6.08 Å². The van der Waals surface area contributed by atoms with Crippen LogP contribution < -0.4 is 4.74 Å². The minimum absolute atomic E-state index is 0.806. The summed E-state index contributed by atoms with van der Waals surface area (Å²) in [5.74, 6) is 4.16. The van der Waals surface area contributed by atoms with Crippen molar-refractivity contribution in [2.24, 2.45) is 0 Å². The molecule has 0 N–H and O–H groups in total. The molecule has 0 spiro atoms. The molecule has 0 aliphatic rings. The van der Waals surface area contributed by atoms with Crippen molar-refractivity contribution in [3.63, 3.8) is 0 Å². The maximum Gasteiger partial charge on any atom is 0.118 e. The van der Waals surface area contributed by atoms with Crippen LogP contribution in [0.4, 0.5) is 0 Å². The van der Waals surface area contributed by atoms with Gasteiger partial charge in [0.1, 0.15) is 5.75 Å². The summed E-state index contributed by atoms with van der Waals surface area (Å²) >= 11 is 0. The fraction of sp³-hybridized carbons (Fsp3) is 0.176. The van der Waals surface area contributed by atoms with Crippen molar-refractivity contribution in [2.75, 3.05) is 14.2 Å². The lowest BCUT2D eigenvalue weighted by Gasteiger charge is -2.00. The third-order valence-corrected chi connectivity index (χ3v) is 2.53. The van der Waals surface area contributed by atoms with E-state index in [1.807, 2.05) is 49.4 Å². The van der Waals surface area contributed by atoms with E-state index in [-0.39, 0.29) is 0 Å². The van der Waals surface area contributed by atoms with E-state index in [9.17, 15) is 0 Å². The smallest absolute Gasteiger partial charge is 0.118 e. The van der Waals surface area contributed by atoms with Gasteiger partial charge in [-0.05, 0) is 42.3 Å². The van der Waals surface area contributed by atoms with Crippen molar-refractivity contribution in [3.05, 3.63) is 59.4 Å². The summed E-state index contributed by atoms with van der Waals surface area (Å²) in [5, 5.41) is 0. The highest BCUT2D eigenvalue weighted by molar-refractivity contribution is 5.56. The molecule has 1 aromatic carbocycles. The number of terminal acetylenes is 1. The first-order valence-corrected chi connectivity index (χ1v) is 5.90. The molecule has 0 radical (unpaired) electrons. The van der Waals surface area contributed by atoms with Gasteiger partial charge in [-0.2, -0.15) is 0 Å².